The Kier molecular flexibility index (Phi) is 5.17. The van der Waals surface area contributed by atoms with E-state index in [1.165, 1.54) is 35.3 Å². The number of H-pyrrole nitrogens is 1. The van der Waals surface area contributed by atoms with Crippen molar-refractivity contribution in [2.45, 2.75) is 37.6 Å². The Labute approximate surface area is 183 Å². The first-order valence-corrected chi connectivity index (χ1v) is 11.7. The van der Waals surface area contributed by atoms with Crippen LogP contribution >= 0.6 is 22.9 Å². The van der Waals surface area contributed by atoms with Crippen LogP contribution < -0.4 is 11.2 Å². The molecule has 3 aromatic rings. The number of benzene rings is 1. The molecule has 2 aliphatic rings. The summed E-state index contributed by atoms with van der Waals surface area (Å²) in [5, 5.41) is 4.69. The maximum Gasteiger partial charge on any atom is 0.328 e. The average Bonchev–Trinajstić information content (AvgIpc) is 3.45. The number of fused-ring (bicyclic) bond motifs is 2. The van der Waals surface area contributed by atoms with Crippen LogP contribution in [0.5, 0.6) is 0 Å². The number of thiophene rings is 1. The SMILES string of the molecule is O=c1[nH]c(=O)n(CCCN2CCC3(CCc4cc(Cl)ccc43)C2)cc1-c1ccsc1. The first-order chi connectivity index (χ1) is 14.5. The lowest BCUT2D eigenvalue weighted by Gasteiger charge is -2.25. The molecule has 0 amide bonds. The van der Waals surface area contributed by atoms with Crippen LogP contribution in [0.1, 0.15) is 30.4 Å². The van der Waals surface area contributed by atoms with E-state index < -0.39 is 0 Å². The molecular weight excluding hydrogens is 418 g/mol. The molecule has 0 bridgehead atoms. The predicted octanol–water partition coefficient (Wildman–Crippen LogP) is 3.90. The first-order valence-electron chi connectivity index (χ1n) is 10.4. The van der Waals surface area contributed by atoms with Gasteiger partial charge in [0.25, 0.3) is 5.56 Å². The van der Waals surface area contributed by atoms with Crippen molar-refractivity contribution in [2.24, 2.45) is 0 Å². The third kappa shape index (κ3) is 3.57. The van der Waals surface area contributed by atoms with Crippen LogP contribution in [0.2, 0.25) is 5.02 Å². The molecule has 2 aromatic heterocycles. The van der Waals surface area contributed by atoms with Gasteiger partial charge in [-0.05, 0) is 84.4 Å². The molecule has 1 spiro atoms. The third-order valence-corrected chi connectivity index (χ3v) is 7.58. The Hall–Kier alpha value is -2.15. The topological polar surface area (TPSA) is 58.1 Å². The van der Waals surface area contributed by atoms with Crippen molar-refractivity contribution < 1.29 is 0 Å². The normalized spacial score (nSPS) is 20.8. The predicted molar refractivity (Wildman–Crippen MR) is 122 cm³/mol. The number of halogens is 1. The number of aryl methyl sites for hydroxylation is 2. The van der Waals surface area contributed by atoms with Crippen LogP contribution in [0.25, 0.3) is 11.1 Å². The second-order valence-electron chi connectivity index (χ2n) is 8.47. The lowest BCUT2D eigenvalue weighted by molar-refractivity contribution is 0.298. The summed E-state index contributed by atoms with van der Waals surface area (Å²) in [6, 6.07) is 8.27. The Morgan fingerprint density at radius 1 is 1.17 bits per heavy atom. The van der Waals surface area contributed by atoms with Crippen LogP contribution in [-0.4, -0.2) is 34.1 Å². The fourth-order valence-electron chi connectivity index (χ4n) is 5.13. The lowest BCUT2D eigenvalue weighted by atomic mass is 9.81. The third-order valence-electron chi connectivity index (χ3n) is 6.66. The molecule has 1 aliphatic carbocycles. The molecule has 1 fully saturated rings. The Morgan fingerprint density at radius 3 is 2.90 bits per heavy atom. The highest BCUT2D eigenvalue weighted by molar-refractivity contribution is 7.08. The summed E-state index contributed by atoms with van der Waals surface area (Å²) in [6.07, 6.45) is 6.07. The molecule has 1 atom stereocenters. The fraction of sp³-hybridized carbons (Fsp3) is 0.391. The van der Waals surface area contributed by atoms with Gasteiger partial charge in [0.05, 0.1) is 5.56 Å². The zero-order valence-electron chi connectivity index (χ0n) is 16.7. The van der Waals surface area contributed by atoms with Gasteiger partial charge in [-0.25, -0.2) is 4.79 Å². The Morgan fingerprint density at radius 2 is 2.07 bits per heavy atom. The Bertz CT molecular complexity index is 1180. The van der Waals surface area contributed by atoms with Gasteiger partial charge in [0.2, 0.25) is 0 Å². The van der Waals surface area contributed by atoms with Crippen LogP contribution in [-0.2, 0) is 18.4 Å². The van der Waals surface area contributed by atoms with E-state index in [0.29, 0.717) is 12.1 Å². The van der Waals surface area contributed by atoms with Gasteiger partial charge >= 0.3 is 5.69 Å². The van der Waals surface area contributed by atoms with E-state index in [9.17, 15) is 9.59 Å². The molecule has 1 unspecified atom stereocenters. The van der Waals surface area contributed by atoms with Crippen LogP contribution in [0, 0.1) is 0 Å². The largest absolute Gasteiger partial charge is 0.328 e. The van der Waals surface area contributed by atoms with Crippen LogP contribution in [0.3, 0.4) is 0 Å². The number of rotatable bonds is 5. The van der Waals surface area contributed by atoms with E-state index in [2.05, 4.69) is 22.0 Å². The summed E-state index contributed by atoms with van der Waals surface area (Å²) >= 11 is 7.72. The molecule has 1 saturated heterocycles. The van der Waals surface area contributed by atoms with Crippen molar-refractivity contribution in [3.63, 3.8) is 0 Å². The highest BCUT2D eigenvalue weighted by Gasteiger charge is 2.43. The first kappa shape index (κ1) is 19.8. The molecule has 0 saturated carbocycles. The maximum atomic E-state index is 12.2. The van der Waals surface area contributed by atoms with E-state index in [0.717, 1.165) is 43.1 Å². The molecule has 7 heteroatoms. The highest BCUT2D eigenvalue weighted by atomic mass is 35.5. The number of aromatic nitrogens is 2. The van der Waals surface area contributed by atoms with Crippen molar-refractivity contribution in [3.05, 3.63) is 78.2 Å². The van der Waals surface area contributed by atoms with Gasteiger partial charge in [0.15, 0.2) is 0 Å². The van der Waals surface area contributed by atoms with Gasteiger partial charge in [-0.1, -0.05) is 17.7 Å². The molecule has 156 valence electrons. The number of nitrogens with zero attached hydrogens (tertiary/aromatic N) is 2. The summed E-state index contributed by atoms with van der Waals surface area (Å²) in [7, 11) is 0. The summed E-state index contributed by atoms with van der Waals surface area (Å²) < 4.78 is 1.63. The van der Waals surface area contributed by atoms with Gasteiger partial charge < -0.3 is 4.90 Å². The monoisotopic (exact) mass is 441 g/mol. The standard InChI is InChI=1S/C23H24ClN3O2S/c24-18-2-3-20-16(12-18)4-6-23(20)7-10-26(15-23)8-1-9-27-13-19(17-5-11-30-14-17)21(28)25-22(27)29/h2-3,5,11-14H,1,4,6-10,15H2,(H,25,28,29). The minimum absolute atomic E-state index is 0.265. The zero-order valence-corrected chi connectivity index (χ0v) is 18.3. The van der Waals surface area contributed by atoms with E-state index in [4.69, 9.17) is 11.6 Å². The fourth-order valence-corrected chi connectivity index (χ4v) is 5.98. The smallest absolute Gasteiger partial charge is 0.302 e. The molecule has 1 N–H and O–H groups in total. The number of hydrogen-bond acceptors (Lipinski definition) is 4. The van der Waals surface area contributed by atoms with E-state index in [-0.39, 0.29) is 16.7 Å². The van der Waals surface area contributed by atoms with Crippen molar-refractivity contribution in [1.82, 2.24) is 14.5 Å². The quantitative estimate of drug-likeness (QED) is 0.653. The number of nitrogens with one attached hydrogen (secondary N) is 1. The molecule has 1 aromatic carbocycles. The summed E-state index contributed by atoms with van der Waals surface area (Å²) in [5.41, 5.74) is 3.90. The van der Waals surface area contributed by atoms with Gasteiger partial charge in [-0.2, -0.15) is 11.3 Å². The zero-order chi connectivity index (χ0) is 20.7. The van der Waals surface area contributed by atoms with Crippen molar-refractivity contribution in [1.29, 1.82) is 0 Å². The minimum Gasteiger partial charge on any atom is -0.302 e. The second-order valence-corrected chi connectivity index (χ2v) is 9.69. The minimum atomic E-state index is -0.335. The molecule has 30 heavy (non-hydrogen) atoms. The molecule has 0 radical (unpaired) electrons. The van der Waals surface area contributed by atoms with Crippen molar-refractivity contribution >= 4 is 22.9 Å². The van der Waals surface area contributed by atoms with Crippen molar-refractivity contribution in [3.8, 4) is 11.1 Å². The Balaban J connectivity index is 1.24. The molecule has 5 nitrogen and oxygen atoms in total. The van der Waals surface area contributed by atoms with E-state index in [1.54, 1.807) is 10.8 Å². The lowest BCUT2D eigenvalue weighted by Crippen LogP contribution is -2.32. The number of hydrogen-bond donors (Lipinski definition) is 1. The van der Waals surface area contributed by atoms with E-state index >= 15 is 0 Å². The molecular formula is C23H24ClN3O2S. The van der Waals surface area contributed by atoms with Gasteiger partial charge in [0, 0.05) is 29.7 Å². The van der Waals surface area contributed by atoms with Gasteiger partial charge in [-0.3, -0.25) is 14.3 Å². The second kappa shape index (κ2) is 7.84. The molecule has 1 aliphatic heterocycles. The van der Waals surface area contributed by atoms with Crippen molar-refractivity contribution in [2.75, 3.05) is 19.6 Å². The van der Waals surface area contributed by atoms with Crippen LogP contribution in [0.4, 0.5) is 0 Å². The number of aromatic amines is 1. The van der Waals surface area contributed by atoms with E-state index in [1.807, 2.05) is 22.9 Å². The van der Waals surface area contributed by atoms with Gasteiger partial charge in [0.1, 0.15) is 0 Å². The molecule has 3 heterocycles. The highest BCUT2D eigenvalue weighted by Crippen LogP contribution is 2.46. The summed E-state index contributed by atoms with van der Waals surface area (Å²) in [5.74, 6) is 0. The maximum absolute atomic E-state index is 12.2. The summed E-state index contributed by atoms with van der Waals surface area (Å²) in [4.78, 5) is 29.4. The summed E-state index contributed by atoms with van der Waals surface area (Å²) in [6.45, 7) is 3.71. The average molecular weight is 442 g/mol. The van der Waals surface area contributed by atoms with Gasteiger partial charge in [-0.15, -0.1) is 0 Å². The number of likely N-dealkylation sites (tertiary alicyclic amines) is 1. The van der Waals surface area contributed by atoms with Crippen LogP contribution in [0.15, 0.2) is 50.8 Å². The molecule has 5 rings (SSSR count).